The van der Waals surface area contributed by atoms with Gasteiger partial charge in [0.15, 0.2) is 5.65 Å². The lowest BCUT2D eigenvalue weighted by Gasteiger charge is -2.06. The molecule has 0 fully saturated rings. The lowest BCUT2D eigenvalue weighted by atomic mass is 10.2. The Morgan fingerprint density at radius 1 is 1.35 bits per heavy atom. The zero-order valence-corrected chi connectivity index (χ0v) is 13.6. The molecule has 0 atom stereocenters. The van der Waals surface area contributed by atoms with E-state index in [0.717, 1.165) is 26.3 Å². The van der Waals surface area contributed by atoms with Gasteiger partial charge < -0.3 is 10.3 Å². The molecule has 0 unspecified atom stereocenters. The average molecular weight is 325 g/mol. The standard InChI is InChI=1S/C16H15N5OS/c1-9-19-15-14(23-9)12-7-18-21(16(22)13(12)20(15)2)8-10-4-3-5-11(17)6-10/h3-7H,8,17H2,1-2H3. The summed E-state index contributed by atoms with van der Waals surface area (Å²) in [5.41, 5.74) is 8.78. The third kappa shape index (κ3) is 2.12. The van der Waals surface area contributed by atoms with Gasteiger partial charge in [-0.05, 0) is 24.6 Å². The molecule has 0 aliphatic rings. The van der Waals surface area contributed by atoms with Crippen molar-refractivity contribution in [2.75, 3.05) is 5.73 Å². The van der Waals surface area contributed by atoms with Gasteiger partial charge in [-0.3, -0.25) is 4.79 Å². The van der Waals surface area contributed by atoms with Crippen LogP contribution in [0.3, 0.4) is 0 Å². The highest BCUT2D eigenvalue weighted by Crippen LogP contribution is 2.30. The molecule has 0 aliphatic heterocycles. The molecule has 0 radical (unpaired) electrons. The SMILES string of the molecule is Cc1nc2c(s1)c1cnn(Cc3cccc(N)c3)c(=O)c1n2C. The van der Waals surface area contributed by atoms with Crippen LogP contribution in [0.15, 0.2) is 35.3 Å². The first kappa shape index (κ1) is 14.0. The zero-order valence-electron chi connectivity index (χ0n) is 12.8. The van der Waals surface area contributed by atoms with Crippen molar-refractivity contribution in [3.63, 3.8) is 0 Å². The van der Waals surface area contributed by atoms with Gasteiger partial charge in [-0.25, -0.2) is 9.67 Å². The summed E-state index contributed by atoms with van der Waals surface area (Å²) in [4.78, 5) is 17.3. The third-order valence-electron chi connectivity index (χ3n) is 3.92. The van der Waals surface area contributed by atoms with Gasteiger partial charge in [0.2, 0.25) is 0 Å². The maximum absolute atomic E-state index is 12.8. The third-order valence-corrected chi connectivity index (χ3v) is 4.91. The van der Waals surface area contributed by atoms with Crippen LogP contribution in [0.5, 0.6) is 0 Å². The summed E-state index contributed by atoms with van der Waals surface area (Å²) in [6, 6.07) is 7.48. The summed E-state index contributed by atoms with van der Waals surface area (Å²) in [5, 5.41) is 6.18. The predicted molar refractivity (Wildman–Crippen MR) is 92.8 cm³/mol. The topological polar surface area (TPSA) is 78.7 Å². The highest BCUT2D eigenvalue weighted by Gasteiger charge is 2.17. The van der Waals surface area contributed by atoms with Gasteiger partial charge in [0.25, 0.3) is 5.56 Å². The van der Waals surface area contributed by atoms with Gasteiger partial charge in [-0.1, -0.05) is 12.1 Å². The number of aryl methyl sites for hydroxylation is 2. The Morgan fingerprint density at radius 2 is 2.17 bits per heavy atom. The fraction of sp³-hybridized carbons (Fsp3) is 0.188. The van der Waals surface area contributed by atoms with E-state index in [4.69, 9.17) is 5.73 Å². The van der Waals surface area contributed by atoms with E-state index in [1.165, 1.54) is 4.68 Å². The second kappa shape index (κ2) is 4.92. The van der Waals surface area contributed by atoms with E-state index in [1.54, 1.807) is 17.5 Å². The Kier molecular flexibility index (Phi) is 2.99. The summed E-state index contributed by atoms with van der Waals surface area (Å²) in [6.07, 6.45) is 1.75. The number of aromatic nitrogens is 4. The molecule has 0 saturated carbocycles. The highest BCUT2D eigenvalue weighted by atomic mass is 32.1. The number of anilines is 1. The molecular formula is C16H15N5OS. The summed E-state index contributed by atoms with van der Waals surface area (Å²) in [7, 11) is 1.87. The van der Waals surface area contributed by atoms with Gasteiger partial charge in [-0.2, -0.15) is 5.10 Å². The van der Waals surface area contributed by atoms with Crippen molar-refractivity contribution < 1.29 is 0 Å². The number of nitrogen functional groups attached to an aromatic ring is 1. The molecule has 116 valence electrons. The molecule has 2 N–H and O–H groups in total. The smallest absolute Gasteiger partial charge is 0.291 e. The van der Waals surface area contributed by atoms with Crippen molar-refractivity contribution in [1.29, 1.82) is 0 Å². The molecule has 23 heavy (non-hydrogen) atoms. The Morgan fingerprint density at radius 3 is 2.96 bits per heavy atom. The highest BCUT2D eigenvalue weighted by molar-refractivity contribution is 7.19. The first-order valence-corrected chi connectivity index (χ1v) is 8.02. The molecular weight excluding hydrogens is 310 g/mol. The van der Waals surface area contributed by atoms with Crippen LogP contribution in [-0.4, -0.2) is 19.3 Å². The van der Waals surface area contributed by atoms with Crippen LogP contribution in [0.2, 0.25) is 0 Å². The Bertz CT molecular complexity index is 1110. The molecule has 7 heteroatoms. The van der Waals surface area contributed by atoms with E-state index in [2.05, 4.69) is 10.1 Å². The van der Waals surface area contributed by atoms with E-state index >= 15 is 0 Å². The normalized spacial score (nSPS) is 11.6. The van der Waals surface area contributed by atoms with E-state index in [1.807, 2.05) is 42.8 Å². The summed E-state index contributed by atoms with van der Waals surface area (Å²) in [6.45, 7) is 2.36. The number of fused-ring (bicyclic) bond motifs is 3. The quantitative estimate of drug-likeness (QED) is 0.574. The van der Waals surface area contributed by atoms with Crippen LogP contribution in [0.4, 0.5) is 5.69 Å². The lowest BCUT2D eigenvalue weighted by Crippen LogP contribution is -2.24. The molecule has 0 saturated heterocycles. The van der Waals surface area contributed by atoms with Crippen LogP contribution in [0, 0.1) is 6.92 Å². The molecule has 3 aromatic heterocycles. The number of nitrogens with two attached hydrogens (primary N) is 1. The van der Waals surface area contributed by atoms with Crippen molar-refractivity contribution >= 4 is 38.3 Å². The van der Waals surface area contributed by atoms with Gasteiger partial charge in [0.05, 0.1) is 22.4 Å². The summed E-state index contributed by atoms with van der Waals surface area (Å²) >= 11 is 1.59. The number of thiazole rings is 1. The van der Waals surface area contributed by atoms with E-state index in [9.17, 15) is 4.79 Å². The molecule has 4 aromatic rings. The van der Waals surface area contributed by atoms with Crippen LogP contribution in [0.1, 0.15) is 10.6 Å². The number of hydrogen-bond acceptors (Lipinski definition) is 5. The number of benzene rings is 1. The van der Waals surface area contributed by atoms with E-state index in [0.29, 0.717) is 17.7 Å². The van der Waals surface area contributed by atoms with Crippen LogP contribution in [-0.2, 0) is 13.6 Å². The molecule has 1 aromatic carbocycles. The second-order valence-electron chi connectivity index (χ2n) is 5.56. The predicted octanol–water partition coefficient (Wildman–Crippen LogP) is 2.28. The van der Waals surface area contributed by atoms with Crippen LogP contribution >= 0.6 is 11.3 Å². The number of nitrogens with zero attached hydrogens (tertiary/aromatic N) is 4. The Hall–Kier alpha value is -2.67. The number of rotatable bonds is 2. The molecule has 3 heterocycles. The Labute approximate surface area is 135 Å². The summed E-state index contributed by atoms with van der Waals surface area (Å²) in [5.74, 6) is 0. The minimum atomic E-state index is -0.115. The fourth-order valence-corrected chi connectivity index (χ4v) is 3.83. The van der Waals surface area contributed by atoms with Crippen molar-refractivity contribution in [3.8, 4) is 0 Å². The van der Waals surface area contributed by atoms with Crippen molar-refractivity contribution in [2.45, 2.75) is 13.5 Å². The fourth-order valence-electron chi connectivity index (χ4n) is 2.87. The lowest BCUT2D eigenvalue weighted by molar-refractivity contribution is 0.644. The van der Waals surface area contributed by atoms with Gasteiger partial charge in [0, 0.05) is 18.1 Å². The Balaban J connectivity index is 1.91. The maximum atomic E-state index is 12.8. The molecule has 0 amide bonds. The minimum absolute atomic E-state index is 0.115. The largest absolute Gasteiger partial charge is 0.399 e. The minimum Gasteiger partial charge on any atom is -0.399 e. The van der Waals surface area contributed by atoms with Gasteiger partial charge >= 0.3 is 0 Å². The van der Waals surface area contributed by atoms with E-state index < -0.39 is 0 Å². The van der Waals surface area contributed by atoms with Crippen molar-refractivity contribution in [2.24, 2.45) is 7.05 Å². The van der Waals surface area contributed by atoms with Crippen LogP contribution < -0.4 is 11.3 Å². The zero-order chi connectivity index (χ0) is 16.1. The van der Waals surface area contributed by atoms with E-state index in [-0.39, 0.29) is 5.56 Å². The van der Waals surface area contributed by atoms with Crippen LogP contribution in [0.25, 0.3) is 21.3 Å². The molecule has 0 spiro atoms. The molecule has 0 aliphatic carbocycles. The van der Waals surface area contributed by atoms with Gasteiger partial charge in [0.1, 0.15) is 5.52 Å². The van der Waals surface area contributed by atoms with Crippen molar-refractivity contribution in [3.05, 3.63) is 51.4 Å². The monoisotopic (exact) mass is 325 g/mol. The molecule has 4 rings (SSSR count). The molecule has 6 nitrogen and oxygen atoms in total. The molecule has 0 bridgehead atoms. The second-order valence-corrected chi connectivity index (χ2v) is 6.76. The first-order chi connectivity index (χ1) is 11.0. The summed E-state index contributed by atoms with van der Waals surface area (Å²) < 4.78 is 4.34. The number of hydrogen-bond donors (Lipinski definition) is 1. The average Bonchev–Trinajstić information content (AvgIpc) is 3.00. The van der Waals surface area contributed by atoms with Crippen molar-refractivity contribution in [1.82, 2.24) is 19.3 Å². The van der Waals surface area contributed by atoms with Gasteiger partial charge in [-0.15, -0.1) is 11.3 Å². The first-order valence-electron chi connectivity index (χ1n) is 7.20. The maximum Gasteiger partial charge on any atom is 0.291 e.